The number of non-ortho nitro benzene ring substituents is 1. The van der Waals surface area contributed by atoms with Gasteiger partial charge in [-0.2, -0.15) is 0 Å². The number of hydrogen-bond acceptors (Lipinski definition) is 5. The zero-order valence-electron chi connectivity index (χ0n) is 8.10. The normalized spacial score (nSPS) is 11.5. The van der Waals surface area contributed by atoms with Gasteiger partial charge in [-0.05, 0) is 6.07 Å². The number of benzene rings is 1. The third-order valence-corrected chi connectivity index (χ3v) is 4.26. The van der Waals surface area contributed by atoms with Gasteiger partial charge in [-0.15, -0.1) is 0 Å². The van der Waals surface area contributed by atoms with Crippen LogP contribution in [0.25, 0.3) is 0 Å². The van der Waals surface area contributed by atoms with Crippen LogP contribution >= 0.6 is 56.4 Å². The molecule has 17 heavy (non-hydrogen) atoms. The van der Waals surface area contributed by atoms with Gasteiger partial charge < -0.3 is 5.11 Å². The van der Waals surface area contributed by atoms with Crippen LogP contribution in [-0.4, -0.2) is 16.0 Å². The number of alkyl halides is 3. The van der Waals surface area contributed by atoms with Crippen molar-refractivity contribution in [3.63, 3.8) is 0 Å². The van der Waals surface area contributed by atoms with Crippen LogP contribution in [-0.2, 0) is 3.79 Å². The van der Waals surface area contributed by atoms with Crippen LogP contribution in [0, 0.1) is 10.1 Å². The van der Waals surface area contributed by atoms with E-state index in [2.05, 4.69) is 0 Å². The summed E-state index contributed by atoms with van der Waals surface area (Å²) in [6.07, 6.45) is 0. The second-order valence-corrected chi connectivity index (χ2v) is 7.35. The molecule has 94 valence electrons. The monoisotopic (exact) mass is 333 g/mol. The minimum atomic E-state index is -1.75. The lowest BCUT2D eigenvalue weighted by atomic mass is 10.2. The van der Waals surface area contributed by atoms with Crippen molar-refractivity contribution in [3.8, 4) is 0 Å². The predicted molar refractivity (Wildman–Crippen MR) is 72.9 cm³/mol. The molecule has 0 radical (unpaired) electrons. The maximum atomic E-state index is 10.6. The van der Waals surface area contributed by atoms with Crippen LogP contribution in [0.15, 0.2) is 23.1 Å². The summed E-state index contributed by atoms with van der Waals surface area (Å²) in [6, 6.07) is 4.02. The molecule has 0 bridgehead atoms. The largest absolute Gasteiger partial charge is 0.385 e. The average Bonchev–Trinajstić information content (AvgIpc) is 2.24. The zero-order chi connectivity index (χ0) is 13.1. The van der Waals surface area contributed by atoms with E-state index in [-0.39, 0.29) is 17.2 Å². The fourth-order valence-corrected chi connectivity index (χ4v) is 3.23. The molecule has 4 nitrogen and oxygen atoms in total. The summed E-state index contributed by atoms with van der Waals surface area (Å²) in [4.78, 5) is 10.6. The van der Waals surface area contributed by atoms with Crippen LogP contribution in [0.3, 0.4) is 0 Å². The van der Waals surface area contributed by atoms with Crippen molar-refractivity contribution in [3.05, 3.63) is 33.9 Å². The third kappa shape index (κ3) is 4.39. The van der Waals surface area contributed by atoms with Gasteiger partial charge >= 0.3 is 0 Å². The quantitative estimate of drug-likeness (QED) is 0.295. The standard InChI is InChI=1S/C8H6Cl3NO3S2/c9-8(10,11)6-3-5(12(14)15)1-2-7(6)17-16-4-13/h1-3,13H,4H2. The summed E-state index contributed by atoms with van der Waals surface area (Å²) in [5, 5.41) is 19.3. The molecule has 0 unspecified atom stereocenters. The molecule has 0 aliphatic heterocycles. The summed E-state index contributed by atoms with van der Waals surface area (Å²) in [5.74, 6) is -0.110. The van der Waals surface area contributed by atoms with E-state index in [0.29, 0.717) is 4.90 Å². The van der Waals surface area contributed by atoms with Crippen LogP contribution in [0.5, 0.6) is 0 Å². The lowest BCUT2D eigenvalue weighted by molar-refractivity contribution is -0.385. The van der Waals surface area contributed by atoms with Gasteiger partial charge in [0.2, 0.25) is 3.79 Å². The molecule has 0 aliphatic rings. The summed E-state index contributed by atoms with van der Waals surface area (Å²) < 4.78 is -1.75. The minimum Gasteiger partial charge on any atom is -0.385 e. The molecule has 0 spiro atoms. The fraction of sp³-hybridized carbons (Fsp3) is 0.250. The van der Waals surface area contributed by atoms with E-state index in [1.165, 1.54) is 29.0 Å². The molecular weight excluding hydrogens is 329 g/mol. The van der Waals surface area contributed by atoms with Gasteiger partial charge in [-0.1, -0.05) is 56.4 Å². The highest BCUT2D eigenvalue weighted by atomic mass is 35.6. The maximum absolute atomic E-state index is 10.6. The van der Waals surface area contributed by atoms with Crippen LogP contribution in [0.4, 0.5) is 5.69 Å². The topological polar surface area (TPSA) is 63.4 Å². The molecule has 1 rings (SSSR count). The molecule has 0 fully saturated rings. The van der Waals surface area contributed by atoms with Crippen LogP contribution < -0.4 is 0 Å². The van der Waals surface area contributed by atoms with Crippen molar-refractivity contribution in [2.45, 2.75) is 8.69 Å². The summed E-state index contributed by atoms with van der Waals surface area (Å²) in [7, 11) is 2.32. The van der Waals surface area contributed by atoms with E-state index < -0.39 is 8.72 Å². The van der Waals surface area contributed by atoms with Gasteiger partial charge in [0.1, 0.15) is 0 Å². The summed E-state index contributed by atoms with van der Waals surface area (Å²) in [5.41, 5.74) is 0.0762. The van der Waals surface area contributed by atoms with Crippen molar-refractivity contribution >= 4 is 62.1 Å². The van der Waals surface area contributed by atoms with Gasteiger partial charge in [0, 0.05) is 22.6 Å². The van der Waals surface area contributed by atoms with Crippen molar-refractivity contribution in [1.29, 1.82) is 0 Å². The average molecular weight is 335 g/mol. The van der Waals surface area contributed by atoms with E-state index >= 15 is 0 Å². The smallest absolute Gasteiger partial charge is 0.269 e. The zero-order valence-corrected chi connectivity index (χ0v) is 12.0. The van der Waals surface area contributed by atoms with Gasteiger partial charge in [0.05, 0.1) is 10.9 Å². The Kier molecular flexibility index (Phi) is 5.69. The molecule has 1 N–H and O–H groups in total. The minimum absolute atomic E-state index is 0.110. The molecule has 0 aromatic heterocycles. The van der Waals surface area contributed by atoms with E-state index in [0.717, 1.165) is 10.8 Å². The third-order valence-electron chi connectivity index (χ3n) is 1.68. The Morgan fingerprint density at radius 1 is 1.41 bits per heavy atom. The molecule has 0 saturated carbocycles. The molecule has 9 heteroatoms. The summed E-state index contributed by atoms with van der Waals surface area (Å²) in [6.45, 7) is 0. The number of aliphatic hydroxyl groups excluding tert-OH is 1. The number of halogens is 3. The Labute approximate surface area is 120 Å². The van der Waals surface area contributed by atoms with E-state index in [9.17, 15) is 10.1 Å². The Morgan fingerprint density at radius 2 is 2.06 bits per heavy atom. The first-order chi connectivity index (χ1) is 7.86. The SMILES string of the molecule is O=[N+]([O-])c1ccc(SSCO)c(C(Cl)(Cl)Cl)c1. The summed E-state index contributed by atoms with van der Waals surface area (Å²) >= 11 is 17.2. The van der Waals surface area contributed by atoms with E-state index in [1.54, 1.807) is 0 Å². The number of nitrogens with zero attached hydrogens (tertiary/aromatic N) is 1. The Bertz CT molecular complexity index is 425. The van der Waals surface area contributed by atoms with E-state index in [1.807, 2.05) is 0 Å². The highest BCUT2D eigenvalue weighted by Crippen LogP contribution is 2.46. The Hall–Kier alpha value is 0.150. The molecule has 0 atom stereocenters. The number of hydrogen-bond donors (Lipinski definition) is 1. The van der Waals surface area contributed by atoms with Crippen LogP contribution in [0.2, 0.25) is 0 Å². The molecule has 0 saturated heterocycles. The van der Waals surface area contributed by atoms with Crippen molar-refractivity contribution < 1.29 is 10.0 Å². The lowest BCUT2D eigenvalue weighted by Gasteiger charge is -2.15. The van der Waals surface area contributed by atoms with E-state index in [4.69, 9.17) is 39.9 Å². The molecule has 0 amide bonds. The first kappa shape index (κ1) is 15.2. The van der Waals surface area contributed by atoms with Crippen molar-refractivity contribution in [2.24, 2.45) is 0 Å². The lowest BCUT2D eigenvalue weighted by Crippen LogP contribution is -2.03. The number of rotatable bonds is 4. The maximum Gasteiger partial charge on any atom is 0.269 e. The second-order valence-electron chi connectivity index (χ2n) is 2.77. The number of aliphatic hydroxyl groups is 1. The van der Waals surface area contributed by atoms with Gasteiger partial charge in [-0.25, -0.2) is 0 Å². The van der Waals surface area contributed by atoms with Gasteiger partial charge in [0.15, 0.2) is 0 Å². The Balaban J connectivity index is 3.17. The highest BCUT2D eigenvalue weighted by molar-refractivity contribution is 8.76. The first-order valence-corrected chi connectivity index (χ1v) is 7.57. The molecule has 0 heterocycles. The van der Waals surface area contributed by atoms with Crippen molar-refractivity contribution in [2.75, 3.05) is 5.94 Å². The van der Waals surface area contributed by atoms with Crippen LogP contribution in [0.1, 0.15) is 5.56 Å². The molecule has 1 aromatic rings. The van der Waals surface area contributed by atoms with Gasteiger partial charge in [0.25, 0.3) is 5.69 Å². The number of nitro benzene ring substituents is 1. The molecule has 0 aliphatic carbocycles. The number of nitro groups is 1. The van der Waals surface area contributed by atoms with Gasteiger partial charge in [-0.3, -0.25) is 10.1 Å². The Morgan fingerprint density at radius 3 is 2.53 bits per heavy atom. The highest BCUT2D eigenvalue weighted by Gasteiger charge is 2.28. The van der Waals surface area contributed by atoms with Crippen molar-refractivity contribution in [1.82, 2.24) is 0 Å². The first-order valence-electron chi connectivity index (χ1n) is 4.12. The predicted octanol–water partition coefficient (Wildman–Crippen LogP) is 4.11. The molecule has 1 aromatic carbocycles. The molecular formula is C8H6Cl3NO3S2. The fourth-order valence-electron chi connectivity index (χ4n) is 1.02. The second kappa shape index (κ2) is 6.36.